The van der Waals surface area contributed by atoms with E-state index in [9.17, 15) is 5.11 Å². The van der Waals surface area contributed by atoms with E-state index in [0.29, 0.717) is 18.2 Å². The monoisotopic (exact) mass is 258 g/mol. The Morgan fingerprint density at radius 3 is 3.16 bits per heavy atom. The van der Waals surface area contributed by atoms with E-state index in [-0.39, 0.29) is 11.8 Å². The van der Waals surface area contributed by atoms with E-state index in [1.54, 1.807) is 25.4 Å². The molecule has 2 heterocycles. The van der Waals surface area contributed by atoms with Crippen molar-refractivity contribution < 1.29 is 14.6 Å². The molecule has 0 saturated carbocycles. The molecule has 19 heavy (non-hydrogen) atoms. The molecule has 2 N–H and O–H groups in total. The molecule has 5 nitrogen and oxygen atoms in total. The Bertz CT molecular complexity index is 601. The van der Waals surface area contributed by atoms with Crippen molar-refractivity contribution in [2.24, 2.45) is 0 Å². The summed E-state index contributed by atoms with van der Waals surface area (Å²) < 4.78 is 10.8. The van der Waals surface area contributed by atoms with Gasteiger partial charge < -0.3 is 19.9 Å². The molecule has 0 radical (unpaired) electrons. The zero-order valence-corrected chi connectivity index (χ0v) is 10.5. The second-order valence-electron chi connectivity index (χ2n) is 4.29. The van der Waals surface area contributed by atoms with Crippen molar-refractivity contribution in [1.29, 1.82) is 0 Å². The lowest BCUT2D eigenvalue weighted by atomic mass is 10.1. The van der Waals surface area contributed by atoms with Crippen LogP contribution in [0.4, 0.5) is 5.69 Å². The van der Waals surface area contributed by atoms with Gasteiger partial charge in [0.15, 0.2) is 0 Å². The molecule has 1 unspecified atom stereocenters. The molecule has 2 aromatic rings. The quantitative estimate of drug-likeness (QED) is 0.884. The smallest absolute Gasteiger partial charge is 0.237 e. The van der Waals surface area contributed by atoms with Crippen molar-refractivity contribution in [3.63, 3.8) is 0 Å². The van der Waals surface area contributed by atoms with Crippen LogP contribution in [0.2, 0.25) is 0 Å². The molecule has 1 aromatic heterocycles. The standard InChI is InChI=1S/C14H14N2O3/c1-18-14-11(3-2-6-15-14)16-12-8-19-13-7-9(17)4-5-10(12)13/h2-7,12,16-17H,8H2,1H3. The first-order chi connectivity index (χ1) is 9.28. The van der Waals surface area contributed by atoms with Crippen molar-refractivity contribution in [3.8, 4) is 17.4 Å². The number of hydrogen-bond donors (Lipinski definition) is 2. The van der Waals surface area contributed by atoms with Gasteiger partial charge in [-0.25, -0.2) is 4.98 Å². The first kappa shape index (κ1) is 11.6. The number of rotatable bonds is 3. The molecular weight excluding hydrogens is 244 g/mol. The number of anilines is 1. The van der Waals surface area contributed by atoms with Crippen LogP contribution in [-0.2, 0) is 0 Å². The van der Waals surface area contributed by atoms with Crippen molar-refractivity contribution in [2.45, 2.75) is 6.04 Å². The minimum atomic E-state index is 0.0219. The number of aromatic hydroxyl groups is 1. The van der Waals surface area contributed by atoms with E-state index in [1.807, 2.05) is 18.2 Å². The Morgan fingerprint density at radius 2 is 2.32 bits per heavy atom. The minimum absolute atomic E-state index is 0.0219. The molecule has 0 bridgehead atoms. The number of aromatic nitrogens is 1. The van der Waals surface area contributed by atoms with E-state index in [4.69, 9.17) is 9.47 Å². The minimum Gasteiger partial charge on any atom is -0.508 e. The van der Waals surface area contributed by atoms with Gasteiger partial charge in [-0.2, -0.15) is 0 Å². The molecule has 1 aliphatic rings. The van der Waals surface area contributed by atoms with E-state index in [0.717, 1.165) is 11.3 Å². The third-order valence-electron chi connectivity index (χ3n) is 3.07. The Hall–Kier alpha value is -2.43. The maximum absolute atomic E-state index is 9.42. The zero-order chi connectivity index (χ0) is 13.2. The first-order valence-electron chi connectivity index (χ1n) is 5.99. The first-order valence-corrected chi connectivity index (χ1v) is 5.99. The predicted molar refractivity (Wildman–Crippen MR) is 70.8 cm³/mol. The van der Waals surface area contributed by atoms with Gasteiger partial charge in [0.25, 0.3) is 0 Å². The van der Waals surface area contributed by atoms with Gasteiger partial charge in [0, 0.05) is 17.8 Å². The third kappa shape index (κ3) is 2.14. The number of nitrogens with one attached hydrogen (secondary N) is 1. The van der Waals surface area contributed by atoms with Crippen molar-refractivity contribution in [3.05, 3.63) is 42.1 Å². The molecule has 0 spiro atoms. The SMILES string of the molecule is COc1ncccc1NC1COc2cc(O)ccc21. The maximum atomic E-state index is 9.42. The van der Waals surface area contributed by atoms with Crippen LogP contribution in [0, 0.1) is 0 Å². The summed E-state index contributed by atoms with van der Waals surface area (Å²) in [5.74, 6) is 1.47. The molecule has 5 heteroatoms. The molecule has 0 amide bonds. The second-order valence-corrected chi connectivity index (χ2v) is 4.29. The summed E-state index contributed by atoms with van der Waals surface area (Å²) in [5.41, 5.74) is 1.84. The summed E-state index contributed by atoms with van der Waals surface area (Å²) in [5, 5.41) is 12.8. The number of benzene rings is 1. The maximum Gasteiger partial charge on any atom is 0.237 e. The van der Waals surface area contributed by atoms with E-state index >= 15 is 0 Å². The number of fused-ring (bicyclic) bond motifs is 1. The van der Waals surface area contributed by atoms with Gasteiger partial charge in [0.05, 0.1) is 18.8 Å². The predicted octanol–water partition coefficient (Wildman–Crippen LogP) is 2.34. The number of pyridine rings is 1. The summed E-state index contributed by atoms with van der Waals surface area (Å²) in [6, 6.07) is 8.91. The zero-order valence-electron chi connectivity index (χ0n) is 10.5. The second kappa shape index (κ2) is 4.68. The third-order valence-corrected chi connectivity index (χ3v) is 3.07. The lowest BCUT2D eigenvalue weighted by molar-refractivity contribution is 0.337. The van der Waals surface area contributed by atoms with Crippen LogP contribution in [0.5, 0.6) is 17.4 Å². The number of phenolic OH excluding ortho intramolecular Hbond substituents is 1. The van der Waals surface area contributed by atoms with Crippen LogP contribution in [0.25, 0.3) is 0 Å². The molecule has 0 aliphatic carbocycles. The molecule has 98 valence electrons. The molecule has 0 saturated heterocycles. The van der Waals surface area contributed by atoms with E-state index < -0.39 is 0 Å². The van der Waals surface area contributed by atoms with Crippen LogP contribution >= 0.6 is 0 Å². The van der Waals surface area contributed by atoms with Gasteiger partial charge in [-0.15, -0.1) is 0 Å². The van der Waals surface area contributed by atoms with Gasteiger partial charge in [-0.3, -0.25) is 0 Å². The fourth-order valence-electron chi connectivity index (χ4n) is 2.17. The Morgan fingerprint density at radius 1 is 1.42 bits per heavy atom. The summed E-state index contributed by atoms with van der Waals surface area (Å²) in [4.78, 5) is 4.14. The lowest BCUT2D eigenvalue weighted by Crippen LogP contribution is -2.12. The number of ether oxygens (including phenoxy) is 2. The fraction of sp³-hybridized carbons (Fsp3) is 0.214. The van der Waals surface area contributed by atoms with Crippen molar-refractivity contribution in [1.82, 2.24) is 4.98 Å². The Labute approximate surface area is 110 Å². The Kier molecular flexibility index (Phi) is 2.87. The van der Waals surface area contributed by atoms with Gasteiger partial charge in [0.1, 0.15) is 18.1 Å². The van der Waals surface area contributed by atoms with E-state index in [2.05, 4.69) is 10.3 Å². The number of methoxy groups -OCH3 is 1. The number of hydrogen-bond acceptors (Lipinski definition) is 5. The summed E-state index contributed by atoms with van der Waals surface area (Å²) in [6.45, 7) is 0.511. The van der Waals surface area contributed by atoms with Gasteiger partial charge in [0.2, 0.25) is 5.88 Å². The highest BCUT2D eigenvalue weighted by atomic mass is 16.5. The van der Waals surface area contributed by atoms with Crippen LogP contribution in [0.15, 0.2) is 36.5 Å². The van der Waals surface area contributed by atoms with Crippen molar-refractivity contribution >= 4 is 5.69 Å². The topological polar surface area (TPSA) is 63.6 Å². The molecule has 3 rings (SSSR count). The van der Waals surface area contributed by atoms with Gasteiger partial charge in [-0.05, 0) is 24.3 Å². The van der Waals surface area contributed by atoms with Crippen molar-refractivity contribution in [2.75, 3.05) is 19.0 Å². The largest absolute Gasteiger partial charge is 0.508 e. The lowest BCUT2D eigenvalue weighted by Gasteiger charge is -2.15. The van der Waals surface area contributed by atoms with Crippen LogP contribution in [0.3, 0.4) is 0 Å². The number of nitrogens with zero attached hydrogens (tertiary/aromatic N) is 1. The van der Waals surface area contributed by atoms with Gasteiger partial charge in [-0.1, -0.05) is 0 Å². The molecule has 0 fully saturated rings. The molecular formula is C14H14N2O3. The highest BCUT2D eigenvalue weighted by Crippen LogP contribution is 2.37. The fourth-order valence-corrected chi connectivity index (χ4v) is 2.17. The molecule has 1 aliphatic heterocycles. The highest BCUT2D eigenvalue weighted by molar-refractivity contribution is 5.56. The van der Waals surface area contributed by atoms with Crippen LogP contribution in [0.1, 0.15) is 11.6 Å². The summed E-state index contributed by atoms with van der Waals surface area (Å²) in [7, 11) is 1.59. The molecule has 1 aromatic carbocycles. The Balaban J connectivity index is 1.87. The van der Waals surface area contributed by atoms with Crippen LogP contribution in [-0.4, -0.2) is 23.8 Å². The number of phenols is 1. The summed E-state index contributed by atoms with van der Waals surface area (Å²) in [6.07, 6.45) is 1.68. The van der Waals surface area contributed by atoms with Crippen LogP contribution < -0.4 is 14.8 Å². The average Bonchev–Trinajstić information content (AvgIpc) is 2.82. The normalized spacial score (nSPS) is 16.6. The molecule has 1 atom stereocenters. The van der Waals surface area contributed by atoms with Gasteiger partial charge >= 0.3 is 0 Å². The van der Waals surface area contributed by atoms with E-state index in [1.165, 1.54) is 0 Å². The average molecular weight is 258 g/mol. The summed E-state index contributed by atoms with van der Waals surface area (Å²) >= 11 is 0. The highest BCUT2D eigenvalue weighted by Gasteiger charge is 2.25.